The van der Waals surface area contributed by atoms with Gasteiger partial charge in [-0.2, -0.15) is 18.4 Å². The summed E-state index contributed by atoms with van der Waals surface area (Å²) >= 11 is 0. The molecule has 6 nitrogen and oxygen atoms in total. The number of alkyl halides is 3. The molecule has 0 aliphatic carbocycles. The van der Waals surface area contributed by atoms with E-state index in [4.69, 9.17) is 11.0 Å². The van der Waals surface area contributed by atoms with Gasteiger partial charge in [0.1, 0.15) is 6.04 Å². The average Bonchev–Trinajstić information content (AvgIpc) is 3.18. The molecule has 2 amide bonds. The number of aryl methyl sites for hydroxylation is 1. The van der Waals surface area contributed by atoms with Crippen LogP contribution in [0.25, 0.3) is 0 Å². The lowest BCUT2D eigenvalue weighted by Crippen LogP contribution is -2.44. The number of hydrogen-bond donors (Lipinski definition) is 1. The Hall–Kier alpha value is -3.54. The smallest absolute Gasteiger partial charge is 0.371 e. The molecule has 34 heavy (non-hydrogen) atoms. The van der Waals surface area contributed by atoms with Gasteiger partial charge < -0.3 is 15.5 Å². The zero-order valence-electron chi connectivity index (χ0n) is 18.7. The van der Waals surface area contributed by atoms with E-state index < -0.39 is 29.3 Å². The molecule has 0 radical (unpaired) electrons. The van der Waals surface area contributed by atoms with Crippen molar-refractivity contribution in [3.8, 4) is 6.07 Å². The molecule has 2 aromatic carbocycles. The van der Waals surface area contributed by atoms with E-state index in [9.17, 15) is 22.8 Å². The van der Waals surface area contributed by atoms with Crippen LogP contribution in [-0.4, -0.2) is 42.4 Å². The first-order valence-corrected chi connectivity index (χ1v) is 11.1. The van der Waals surface area contributed by atoms with Crippen molar-refractivity contribution >= 4 is 17.5 Å². The Kier molecular flexibility index (Phi) is 6.02. The molecule has 0 aromatic heterocycles. The van der Waals surface area contributed by atoms with Gasteiger partial charge in [-0.05, 0) is 61.9 Å². The minimum atomic E-state index is -4.62. The number of hydrogen-bond acceptors (Lipinski definition) is 4. The first-order chi connectivity index (χ1) is 16.0. The molecule has 2 aromatic rings. The van der Waals surface area contributed by atoms with Gasteiger partial charge in [0.15, 0.2) is 0 Å². The number of benzene rings is 2. The molecule has 0 bridgehead atoms. The number of carbonyl (C=O) groups excluding carboxylic acids is 2. The zero-order valence-corrected chi connectivity index (χ0v) is 18.7. The number of anilines is 1. The van der Waals surface area contributed by atoms with Crippen molar-refractivity contribution in [1.82, 2.24) is 4.90 Å². The Labute approximate surface area is 195 Å². The Bertz CT molecular complexity index is 1150. The van der Waals surface area contributed by atoms with Crippen LogP contribution in [0.3, 0.4) is 0 Å². The summed E-state index contributed by atoms with van der Waals surface area (Å²) in [4.78, 5) is 28.7. The second-order valence-electron chi connectivity index (χ2n) is 9.25. The summed E-state index contributed by atoms with van der Waals surface area (Å²) in [5.41, 5.74) is 5.88. The number of carbonyl (C=O) groups is 2. The van der Waals surface area contributed by atoms with Crippen LogP contribution in [0.5, 0.6) is 0 Å². The van der Waals surface area contributed by atoms with Gasteiger partial charge >= 0.3 is 6.18 Å². The van der Waals surface area contributed by atoms with Crippen molar-refractivity contribution in [2.75, 3.05) is 24.5 Å². The number of piperidine rings is 1. The molecule has 2 fully saturated rings. The van der Waals surface area contributed by atoms with E-state index in [1.807, 2.05) is 24.0 Å². The lowest BCUT2D eigenvalue weighted by atomic mass is 9.76. The summed E-state index contributed by atoms with van der Waals surface area (Å²) in [5, 5.41) is 9.02. The molecule has 4 rings (SSSR count). The Morgan fingerprint density at radius 3 is 2.32 bits per heavy atom. The number of likely N-dealkylation sites (tertiary alicyclic amines) is 1. The minimum absolute atomic E-state index is 0.245. The number of halogens is 3. The number of rotatable bonds is 3. The summed E-state index contributed by atoms with van der Waals surface area (Å²) in [7, 11) is 0. The fraction of sp³-hybridized carbons (Fsp3) is 0.400. The molecule has 2 aliphatic heterocycles. The van der Waals surface area contributed by atoms with Crippen LogP contribution in [0, 0.1) is 23.7 Å². The number of primary amides is 1. The van der Waals surface area contributed by atoms with Crippen LogP contribution in [0.15, 0.2) is 42.5 Å². The summed E-state index contributed by atoms with van der Waals surface area (Å²) in [5.74, 6) is -0.799. The zero-order chi connectivity index (χ0) is 24.7. The maximum absolute atomic E-state index is 13.4. The molecule has 178 valence electrons. The predicted molar refractivity (Wildman–Crippen MR) is 120 cm³/mol. The van der Waals surface area contributed by atoms with Crippen molar-refractivity contribution in [3.05, 3.63) is 64.7 Å². The van der Waals surface area contributed by atoms with Gasteiger partial charge in [-0.3, -0.25) is 9.59 Å². The third-order valence-electron chi connectivity index (χ3n) is 7.01. The number of nitriles is 1. The van der Waals surface area contributed by atoms with Crippen molar-refractivity contribution in [2.24, 2.45) is 11.1 Å². The molecule has 2 N–H and O–H groups in total. The maximum Gasteiger partial charge on any atom is 0.417 e. The van der Waals surface area contributed by atoms with Crippen molar-refractivity contribution in [2.45, 2.75) is 38.4 Å². The molecule has 0 saturated carbocycles. The lowest BCUT2D eigenvalue weighted by Gasteiger charge is -2.40. The molecular formula is C25H25F3N4O2. The largest absolute Gasteiger partial charge is 0.417 e. The first-order valence-electron chi connectivity index (χ1n) is 11.1. The molecule has 1 atom stereocenters. The Balaban J connectivity index is 1.52. The highest BCUT2D eigenvalue weighted by atomic mass is 19.4. The molecule has 1 unspecified atom stereocenters. The molecule has 1 spiro atoms. The predicted octanol–water partition coefficient (Wildman–Crippen LogP) is 3.87. The first kappa shape index (κ1) is 23.6. The van der Waals surface area contributed by atoms with E-state index in [0.717, 1.165) is 11.6 Å². The quantitative estimate of drug-likeness (QED) is 0.737. The van der Waals surface area contributed by atoms with Gasteiger partial charge in [0.05, 0.1) is 17.2 Å². The normalized spacial score (nSPS) is 19.8. The Morgan fingerprint density at radius 2 is 1.76 bits per heavy atom. The van der Waals surface area contributed by atoms with Gasteiger partial charge in [-0.1, -0.05) is 17.7 Å². The highest BCUT2D eigenvalue weighted by Gasteiger charge is 2.49. The van der Waals surface area contributed by atoms with Crippen molar-refractivity contribution in [1.29, 1.82) is 5.26 Å². The van der Waals surface area contributed by atoms with Gasteiger partial charge in [0, 0.05) is 30.9 Å². The maximum atomic E-state index is 13.4. The van der Waals surface area contributed by atoms with E-state index in [-0.39, 0.29) is 11.3 Å². The molecular weight excluding hydrogens is 445 g/mol. The number of nitrogens with zero attached hydrogens (tertiary/aromatic N) is 3. The molecule has 2 saturated heterocycles. The van der Waals surface area contributed by atoms with E-state index in [2.05, 4.69) is 0 Å². The van der Waals surface area contributed by atoms with E-state index in [1.165, 1.54) is 12.1 Å². The summed E-state index contributed by atoms with van der Waals surface area (Å²) in [6.07, 6.45) is -2.96. The SMILES string of the molecule is Cc1ccc(C(=O)N2CC3(CCN(c4ccc(C#N)c(C(F)(F)F)c4)CC3)CC2C(N)=O)cc1. The second kappa shape index (κ2) is 8.67. The lowest BCUT2D eigenvalue weighted by molar-refractivity contribution is -0.137. The third-order valence-corrected chi connectivity index (χ3v) is 7.01. The highest BCUT2D eigenvalue weighted by Crippen LogP contribution is 2.45. The van der Waals surface area contributed by atoms with Crippen LogP contribution in [0.1, 0.15) is 46.3 Å². The minimum Gasteiger partial charge on any atom is -0.371 e. The van der Waals surface area contributed by atoms with Crippen LogP contribution in [-0.2, 0) is 11.0 Å². The Morgan fingerprint density at radius 1 is 1.12 bits per heavy atom. The summed E-state index contributed by atoms with van der Waals surface area (Å²) in [6.45, 7) is 3.25. The fourth-order valence-electron chi connectivity index (χ4n) is 5.05. The van der Waals surface area contributed by atoms with Crippen molar-refractivity contribution < 1.29 is 22.8 Å². The van der Waals surface area contributed by atoms with Gasteiger partial charge in [-0.25, -0.2) is 0 Å². The molecule has 2 aliphatic rings. The average molecular weight is 470 g/mol. The van der Waals surface area contributed by atoms with Crippen molar-refractivity contribution in [3.63, 3.8) is 0 Å². The van der Waals surface area contributed by atoms with Gasteiger partial charge in [0.2, 0.25) is 5.91 Å². The molecule has 9 heteroatoms. The van der Waals surface area contributed by atoms with Crippen LogP contribution in [0.2, 0.25) is 0 Å². The van der Waals surface area contributed by atoms with E-state index >= 15 is 0 Å². The standard InChI is InChI=1S/C25H25F3N4O2/c1-16-2-4-17(5-3-16)23(34)32-15-24(13-21(32)22(30)33)8-10-31(11-9-24)19-7-6-18(14-29)20(12-19)25(26,27)28/h2-7,12,21H,8-11,13,15H2,1H3,(H2,30,33). The number of nitrogens with two attached hydrogens (primary N) is 1. The topological polar surface area (TPSA) is 90.4 Å². The fourth-order valence-corrected chi connectivity index (χ4v) is 5.05. The number of amides is 2. The van der Waals surface area contributed by atoms with E-state index in [1.54, 1.807) is 23.1 Å². The van der Waals surface area contributed by atoms with Crippen LogP contribution in [0.4, 0.5) is 18.9 Å². The summed E-state index contributed by atoms with van der Waals surface area (Å²) < 4.78 is 40.1. The van der Waals surface area contributed by atoms with E-state index in [0.29, 0.717) is 50.1 Å². The highest BCUT2D eigenvalue weighted by molar-refractivity contribution is 5.97. The second-order valence-corrected chi connectivity index (χ2v) is 9.25. The summed E-state index contributed by atoms with van der Waals surface area (Å²) in [6, 6.07) is 11.8. The van der Waals surface area contributed by atoms with Gasteiger partial charge in [-0.15, -0.1) is 0 Å². The van der Waals surface area contributed by atoms with Crippen LogP contribution >= 0.6 is 0 Å². The molecule has 2 heterocycles. The third kappa shape index (κ3) is 4.45. The van der Waals surface area contributed by atoms with Crippen LogP contribution < -0.4 is 10.6 Å². The monoisotopic (exact) mass is 470 g/mol. The van der Waals surface area contributed by atoms with Gasteiger partial charge in [0.25, 0.3) is 5.91 Å².